The monoisotopic (exact) mass is 376 g/mol. The van der Waals surface area contributed by atoms with E-state index in [1.165, 1.54) is 0 Å². The molecule has 0 spiro atoms. The molecule has 0 unspecified atom stereocenters. The lowest BCUT2D eigenvalue weighted by atomic mass is 9.91. The summed E-state index contributed by atoms with van der Waals surface area (Å²) in [6, 6.07) is 15.0. The molecule has 1 fully saturated rings. The van der Waals surface area contributed by atoms with Crippen molar-refractivity contribution in [2.24, 2.45) is 5.73 Å². The summed E-state index contributed by atoms with van der Waals surface area (Å²) >= 11 is 0. The molecule has 1 aromatic heterocycles. The van der Waals surface area contributed by atoms with Gasteiger partial charge in [-0.25, -0.2) is 0 Å². The topological polar surface area (TPSA) is 85.3 Å². The Bertz CT molecular complexity index is 1060. The third-order valence-electron chi connectivity index (χ3n) is 5.53. The van der Waals surface area contributed by atoms with Crippen molar-refractivity contribution >= 4 is 16.9 Å². The van der Waals surface area contributed by atoms with Crippen LogP contribution in [0.1, 0.15) is 41.6 Å². The molecule has 4 rings (SSSR count). The Labute approximate surface area is 163 Å². The summed E-state index contributed by atoms with van der Waals surface area (Å²) in [6.45, 7) is 1.76. The predicted octanol–water partition coefficient (Wildman–Crippen LogP) is 3.77. The van der Waals surface area contributed by atoms with Gasteiger partial charge in [0.1, 0.15) is 5.76 Å². The fourth-order valence-electron chi connectivity index (χ4n) is 3.88. The maximum absolute atomic E-state index is 12.9. The van der Waals surface area contributed by atoms with Gasteiger partial charge in [-0.15, -0.1) is 0 Å². The lowest BCUT2D eigenvalue weighted by Crippen LogP contribution is -2.40. The molecule has 0 aliphatic heterocycles. The van der Waals surface area contributed by atoms with E-state index in [2.05, 4.69) is 5.32 Å². The molecule has 0 bridgehead atoms. The molecular formula is C23H24N2O3. The molecule has 0 saturated heterocycles. The summed E-state index contributed by atoms with van der Waals surface area (Å²) in [5.74, 6) is 0.291. The maximum atomic E-state index is 12.9. The predicted molar refractivity (Wildman–Crippen MR) is 110 cm³/mol. The van der Waals surface area contributed by atoms with Crippen LogP contribution >= 0.6 is 0 Å². The van der Waals surface area contributed by atoms with Gasteiger partial charge in [0.15, 0.2) is 11.0 Å². The van der Waals surface area contributed by atoms with Gasteiger partial charge in [-0.2, -0.15) is 0 Å². The smallest absolute Gasteiger partial charge is 0.255 e. The van der Waals surface area contributed by atoms with Crippen molar-refractivity contribution in [3.63, 3.8) is 0 Å². The Balaban J connectivity index is 1.76. The first-order valence-electron chi connectivity index (χ1n) is 9.73. The highest BCUT2D eigenvalue weighted by Crippen LogP contribution is 2.27. The van der Waals surface area contributed by atoms with Crippen molar-refractivity contribution in [3.05, 3.63) is 69.9 Å². The summed E-state index contributed by atoms with van der Waals surface area (Å²) in [4.78, 5) is 25.9. The highest BCUT2D eigenvalue weighted by molar-refractivity contribution is 6.05. The van der Waals surface area contributed by atoms with E-state index in [-0.39, 0.29) is 23.4 Å². The van der Waals surface area contributed by atoms with Gasteiger partial charge in [-0.3, -0.25) is 9.59 Å². The number of carbonyl (C=O) groups is 1. The lowest BCUT2D eigenvalue weighted by molar-refractivity contribution is 0.0926. The zero-order valence-corrected chi connectivity index (χ0v) is 15.9. The third-order valence-corrected chi connectivity index (χ3v) is 5.53. The number of hydrogen-bond donors (Lipinski definition) is 2. The summed E-state index contributed by atoms with van der Waals surface area (Å²) in [7, 11) is 0. The molecule has 1 heterocycles. The van der Waals surface area contributed by atoms with E-state index >= 15 is 0 Å². The largest absolute Gasteiger partial charge is 0.455 e. The van der Waals surface area contributed by atoms with Gasteiger partial charge in [-0.1, -0.05) is 36.4 Å². The average Bonchev–Trinajstić information content (AvgIpc) is 2.72. The number of carbonyl (C=O) groups excluding carboxylic acids is 1. The highest BCUT2D eigenvalue weighted by atomic mass is 16.3. The quantitative estimate of drug-likeness (QED) is 0.729. The van der Waals surface area contributed by atoms with Gasteiger partial charge >= 0.3 is 0 Å². The number of amides is 1. The zero-order chi connectivity index (χ0) is 19.7. The van der Waals surface area contributed by atoms with Gasteiger partial charge in [-0.05, 0) is 44.7 Å². The SMILES string of the molecule is Cc1c(-c2ccccc2)oc2c(C(=O)NC3CCC(N)CC3)cccc2c1=O. The number of nitrogens with one attached hydrogen (secondary N) is 1. The van der Waals surface area contributed by atoms with Crippen LogP contribution in [0.3, 0.4) is 0 Å². The molecule has 1 amide bonds. The minimum absolute atomic E-state index is 0.105. The minimum Gasteiger partial charge on any atom is -0.455 e. The Morgan fingerprint density at radius 1 is 1.04 bits per heavy atom. The summed E-state index contributed by atoms with van der Waals surface area (Å²) in [5.41, 5.74) is 7.92. The van der Waals surface area contributed by atoms with Gasteiger partial charge in [0.2, 0.25) is 0 Å². The first-order valence-corrected chi connectivity index (χ1v) is 9.73. The van der Waals surface area contributed by atoms with Crippen LogP contribution in [0.2, 0.25) is 0 Å². The summed E-state index contributed by atoms with van der Waals surface area (Å²) < 4.78 is 6.14. The van der Waals surface area contributed by atoms with Crippen molar-refractivity contribution in [1.82, 2.24) is 5.32 Å². The van der Waals surface area contributed by atoms with Crippen LogP contribution in [-0.2, 0) is 0 Å². The molecule has 1 aliphatic carbocycles. The first-order chi connectivity index (χ1) is 13.5. The highest BCUT2D eigenvalue weighted by Gasteiger charge is 2.23. The average molecular weight is 376 g/mol. The second-order valence-corrected chi connectivity index (χ2v) is 7.52. The molecular weight excluding hydrogens is 352 g/mol. The molecule has 5 heteroatoms. The maximum Gasteiger partial charge on any atom is 0.255 e. The Kier molecular flexibility index (Phi) is 5.01. The van der Waals surface area contributed by atoms with E-state index in [1.807, 2.05) is 30.3 Å². The first kappa shape index (κ1) is 18.4. The van der Waals surface area contributed by atoms with Crippen LogP contribution < -0.4 is 16.5 Å². The Hall–Kier alpha value is -2.92. The number of hydrogen-bond acceptors (Lipinski definition) is 4. The van der Waals surface area contributed by atoms with Crippen LogP contribution in [-0.4, -0.2) is 18.0 Å². The molecule has 2 aromatic carbocycles. The van der Waals surface area contributed by atoms with Gasteiger partial charge in [0.05, 0.1) is 10.9 Å². The van der Waals surface area contributed by atoms with Crippen LogP contribution in [0, 0.1) is 6.92 Å². The van der Waals surface area contributed by atoms with Gasteiger partial charge in [0.25, 0.3) is 5.91 Å². The van der Waals surface area contributed by atoms with E-state index in [9.17, 15) is 9.59 Å². The van der Waals surface area contributed by atoms with Gasteiger partial charge < -0.3 is 15.5 Å². The molecule has 3 aromatic rings. The standard InChI is InChI=1S/C23H24N2O3/c1-14-20(26)18-8-5-9-19(23(27)25-17-12-10-16(24)11-13-17)22(18)28-21(14)15-6-3-2-4-7-15/h2-9,16-17H,10-13,24H2,1H3,(H,25,27). The summed E-state index contributed by atoms with van der Waals surface area (Å²) in [5, 5.41) is 3.51. The van der Waals surface area contributed by atoms with Crippen LogP contribution in [0.15, 0.2) is 57.7 Å². The number of benzene rings is 2. The molecule has 0 atom stereocenters. The van der Waals surface area contributed by atoms with E-state index in [1.54, 1.807) is 25.1 Å². The number of para-hydroxylation sites is 1. The van der Waals surface area contributed by atoms with Crippen LogP contribution in [0.4, 0.5) is 0 Å². The van der Waals surface area contributed by atoms with Crippen molar-refractivity contribution in [1.29, 1.82) is 0 Å². The zero-order valence-electron chi connectivity index (χ0n) is 15.9. The summed E-state index contributed by atoms with van der Waals surface area (Å²) in [6.07, 6.45) is 3.56. The van der Waals surface area contributed by atoms with E-state index < -0.39 is 0 Å². The number of nitrogens with two attached hydrogens (primary N) is 1. The van der Waals surface area contributed by atoms with Gasteiger partial charge in [0, 0.05) is 23.2 Å². The normalized spacial score (nSPS) is 19.5. The second-order valence-electron chi connectivity index (χ2n) is 7.52. The fourth-order valence-corrected chi connectivity index (χ4v) is 3.88. The van der Waals surface area contributed by atoms with Crippen molar-refractivity contribution < 1.29 is 9.21 Å². The van der Waals surface area contributed by atoms with Crippen molar-refractivity contribution in [3.8, 4) is 11.3 Å². The Morgan fingerprint density at radius 3 is 2.46 bits per heavy atom. The van der Waals surface area contributed by atoms with Crippen LogP contribution in [0.25, 0.3) is 22.3 Å². The van der Waals surface area contributed by atoms with Crippen LogP contribution in [0.5, 0.6) is 0 Å². The van der Waals surface area contributed by atoms with E-state index in [4.69, 9.17) is 10.2 Å². The number of fused-ring (bicyclic) bond motifs is 1. The van der Waals surface area contributed by atoms with E-state index in [0.29, 0.717) is 27.9 Å². The molecule has 1 saturated carbocycles. The molecule has 144 valence electrons. The van der Waals surface area contributed by atoms with E-state index in [0.717, 1.165) is 31.2 Å². The fraction of sp³-hybridized carbons (Fsp3) is 0.304. The molecule has 5 nitrogen and oxygen atoms in total. The second kappa shape index (κ2) is 7.60. The molecule has 28 heavy (non-hydrogen) atoms. The van der Waals surface area contributed by atoms with Crippen molar-refractivity contribution in [2.45, 2.75) is 44.7 Å². The molecule has 3 N–H and O–H groups in total. The third kappa shape index (κ3) is 3.45. The number of rotatable bonds is 3. The molecule has 0 radical (unpaired) electrons. The minimum atomic E-state index is -0.211. The Morgan fingerprint density at radius 2 is 1.75 bits per heavy atom. The van der Waals surface area contributed by atoms with Crippen molar-refractivity contribution in [2.75, 3.05) is 0 Å². The molecule has 1 aliphatic rings. The lowest BCUT2D eigenvalue weighted by Gasteiger charge is -2.26.